The predicted molar refractivity (Wildman–Crippen MR) is 111 cm³/mol. The van der Waals surface area contributed by atoms with Gasteiger partial charge in [-0.25, -0.2) is 0 Å². The number of hydrogen-bond acceptors (Lipinski definition) is 6. The Bertz CT molecular complexity index is 857. The number of carbonyl (C=O) groups is 2. The topological polar surface area (TPSA) is 75.5 Å². The van der Waals surface area contributed by atoms with Gasteiger partial charge in [0.05, 0.1) is 24.4 Å². The third-order valence-electron chi connectivity index (χ3n) is 8.93. The molecule has 6 atom stereocenters. The van der Waals surface area contributed by atoms with E-state index >= 15 is 0 Å². The lowest BCUT2D eigenvalue weighted by Gasteiger charge is -2.51. The van der Waals surface area contributed by atoms with Crippen LogP contribution >= 0.6 is 0 Å². The third kappa shape index (κ3) is 3.23. The van der Waals surface area contributed by atoms with E-state index < -0.39 is 0 Å². The van der Waals surface area contributed by atoms with Crippen molar-refractivity contribution in [3.8, 4) is 0 Å². The number of amides is 1. The number of carbonyl (C=O) groups excluding carboxylic acids is 2. The molecule has 5 aliphatic rings. The zero-order chi connectivity index (χ0) is 21.2. The van der Waals surface area contributed by atoms with E-state index in [2.05, 4.69) is 11.8 Å². The first kappa shape index (κ1) is 19.8. The predicted octanol–water partition coefficient (Wildman–Crippen LogP) is 2.56. The summed E-state index contributed by atoms with van der Waals surface area (Å²) in [6.07, 6.45) is 7.26. The van der Waals surface area contributed by atoms with E-state index in [0.717, 1.165) is 39.1 Å². The van der Waals surface area contributed by atoms with Crippen LogP contribution in [0.3, 0.4) is 0 Å². The van der Waals surface area contributed by atoms with Crippen LogP contribution in [0.5, 0.6) is 0 Å². The van der Waals surface area contributed by atoms with Crippen LogP contribution in [0.2, 0.25) is 0 Å². The third-order valence-corrected chi connectivity index (χ3v) is 8.93. The average molecular weight is 429 g/mol. The minimum Gasteiger partial charge on any atom is -0.462 e. The molecule has 7 heteroatoms. The second kappa shape index (κ2) is 7.07. The van der Waals surface area contributed by atoms with Crippen molar-refractivity contribution in [2.45, 2.75) is 50.7 Å². The molecule has 1 spiro atoms. The average Bonchev–Trinajstić information content (AvgIpc) is 3.19. The summed E-state index contributed by atoms with van der Waals surface area (Å²) in [4.78, 5) is 29.6. The van der Waals surface area contributed by atoms with Crippen molar-refractivity contribution < 1.29 is 23.5 Å². The summed E-state index contributed by atoms with van der Waals surface area (Å²) in [5.41, 5.74) is 0.328. The maximum Gasteiger partial charge on any atom is 0.310 e. The molecule has 3 aliphatic heterocycles. The number of nitrogens with zero attached hydrogens (tertiary/aromatic N) is 2. The van der Waals surface area contributed by atoms with E-state index in [1.807, 2.05) is 4.90 Å². The Kier molecular flexibility index (Phi) is 4.52. The highest BCUT2D eigenvalue weighted by atomic mass is 16.6. The van der Waals surface area contributed by atoms with Gasteiger partial charge in [-0.1, -0.05) is 6.92 Å². The van der Waals surface area contributed by atoms with Gasteiger partial charge in [-0.05, 0) is 55.6 Å². The first-order valence-electron chi connectivity index (χ1n) is 11.9. The summed E-state index contributed by atoms with van der Waals surface area (Å²) in [6.45, 7) is 6.91. The molecule has 31 heavy (non-hydrogen) atoms. The maximum atomic E-state index is 12.9. The van der Waals surface area contributed by atoms with E-state index in [4.69, 9.17) is 13.9 Å². The standard InChI is InChI=1S/C24H32N2O5/c1-23-5-3-6-24(15-30-24)20(23)12-16-17(22(28)31-19(16)13-23)14-25-7-9-26(10-8-25)21(27)18-4-2-11-29-18/h2,4,11,16-17,19-20H,3,5-10,12-15H2,1H3/t16-,17+,19+,20+,23+,24-/m0/s1. The van der Waals surface area contributed by atoms with Crippen molar-refractivity contribution in [1.82, 2.24) is 9.80 Å². The summed E-state index contributed by atoms with van der Waals surface area (Å²) in [6, 6.07) is 3.45. The van der Waals surface area contributed by atoms with Crippen molar-refractivity contribution >= 4 is 11.9 Å². The molecule has 0 radical (unpaired) electrons. The smallest absolute Gasteiger partial charge is 0.310 e. The fraction of sp³-hybridized carbons (Fsp3) is 0.750. The second-order valence-electron chi connectivity index (χ2n) is 10.7. The number of hydrogen-bond donors (Lipinski definition) is 0. The van der Waals surface area contributed by atoms with E-state index in [1.165, 1.54) is 25.5 Å². The van der Waals surface area contributed by atoms with Crippen LogP contribution in [0.1, 0.15) is 49.6 Å². The van der Waals surface area contributed by atoms with Crippen LogP contribution in [0, 0.1) is 23.2 Å². The molecule has 2 aliphatic carbocycles. The Morgan fingerprint density at radius 2 is 2.03 bits per heavy atom. The van der Waals surface area contributed by atoms with Crippen LogP contribution in [-0.2, 0) is 14.3 Å². The molecule has 1 aromatic heterocycles. The Labute approximate surface area is 183 Å². The van der Waals surface area contributed by atoms with Crippen molar-refractivity contribution in [3.63, 3.8) is 0 Å². The van der Waals surface area contributed by atoms with Crippen molar-refractivity contribution in [2.24, 2.45) is 23.2 Å². The van der Waals surface area contributed by atoms with Gasteiger partial charge in [-0.3, -0.25) is 14.5 Å². The molecule has 0 aromatic carbocycles. The molecule has 6 rings (SSSR count). The van der Waals surface area contributed by atoms with Crippen LogP contribution in [-0.4, -0.2) is 72.7 Å². The molecular weight excluding hydrogens is 396 g/mol. The maximum absolute atomic E-state index is 12.9. The van der Waals surface area contributed by atoms with Gasteiger partial charge in [0.1, 0.15) is 6.10 Å². The van der Waals surface area contributed by atoms with E-state index in [1.54, 1.807) is 12.1 Å². The molecule has 1 amide bonds. The van der Waals surface area contributed by atoms with Crippen molar-refractivity contribution in [1.29, 1.82) is 0 Å². The Balaban J connectivity index is 1.11. The van der Waals surface area contributed by atoms with Gasteiger partial charge in [0, 0.05) is 38.6 Å². The van der Waals surface area contributed by atoms with Gasteiger partial charge in [-0.2, -0.15) is 0 Å². The number of fused-ring (bicyclic) bond motifs is 3. The number of furan rings is 1. The molecule has 5 fully saturated rings. The lowest BCUT2D eigenvalue weighted by molar-refractivity contribution is -0.147. The van der Waals surface area contributed by atoms with Gasteiger partial charge in [-0.15, -0.1) is 0 Å². The van der Waals surface area contributed by atoms with Gasteiger partial charge in [0.15, 0.2) is 5.76 Å². The van der Waals surface area contributed by atoms with Gasteiger partial charge < -0.3 is 18.8 Å². The molecule has 7 nitrogen and oxygen atoms in total. The summed E-state index contributed by atoms with van der Waals surface area (Å²) >= 11 is 0. The summed E-state index contributed by atoms with van der Waals surface area (Å²) in [7, 11) is 0. The van der Waals surface area contributed by atoms with Gasteiger partial charge in [0.25, 0.3) is 5.91 Å². The van der Waals surface area contributed by atoms with Gasteiger partial charge >= 0.3 is 5.97 Å². The molecule has 4 heterocycles. The monoisotopic (exact) mass is 428 g/mol. The highest BCUT2D eigenvalue weighted by molar-refractivity contribution is 5.91. The molecular formula is C24H32N2O5. The summed E-state index contributed by atoms with van der Waals surface area (Å²) in [5, 5.41) is 0. The lowest BCUT2D eigenvalue weighted by atomic mass is 9.53. The largest absolute Gasteiger partial charge is 0.462 e. The fourth-order valence-electron chi connectivity index (χ4n) is 7.13. The number of piperazine rings is 1. The zero-order valence-electron chi connectivity index (χ0n) is 18.3. The molecule has 168 valence electrons. The lowest BCUT2D eigenvalue weighted by Crippen LogP contribution is -2.53. The minimum atomic E-state index is -0.0559. The van der Waals surface area contributed by atoms with Crippen LogP contribution < -0.4 is 0 Å². The Morgan fingerprint density at radius 1 is 1.23 bits per heavy atom. The molecule has 2 saturated carbocycles. The molecule has 3 saturated heterocycles. The first-order chi connectivity index (χ1) is 15.0. The Morgan fingerprint density at radius 3 is 2.74 bits per heavy atom. The quantitative estimate of drug-likeness (QED) is 0.544. The highest BCUT2D eigenvalue weighted by Gasteiger charge is 2.65. The van der Waals surface area contributed by atoms with Crippen molar-refractivity contribution in [3.05, 3.63) is 24.2 Å². The fourth-order valence-corrected chi connectivity index (χ4v) is 7.13. The molecule has 0 N–H and O–H groups in total. The van der Waals surface area contributed by atoms with E-state index in [9.17, 15) is 9.59 Å². The minimum absolute atomic E-state index is 0.0166. The normalized spacial score (nSPS) is 42.2. The summed E-state index contributed by atoms with van der Waals surface area (Å²) < 4.78 is 17.2. The van der Waals surface area contributed by atoms with Crippen LogP contribution in [0.15, 0.2) is 22.8 Å². The summed E-state index contributed by atoms with van der Waals surface area (Å²) in [5.74, 6) is 1.12. The molecule has 0 unspecified atom stereocenters. The first-order valence-corrected chi connectivity index (χ1v) is 11.9. The second-order valence-corrected chi connectivity index (χ2v) is 10.7. The number of esters is 1. The SMILES string of the molecule is C[C@]12CCC[C@]3(CO3)[C@@H]1C[C@@H]1[C@@H](C2)OC(=O)[C@@H]1CN1CCN(C(=O)c2ccco2)CC1. The van der Waals surface area contributed by atoms with Crippen LogP contribution in [0.25, 0.3) is 0 Å². The number of epoxide rings is 1. The highest BCUT2D eigenvalue weighted by Crippen LogP contribution is 2.62. The number of ether oxygens (including phenoxy) is 2. The zero-order valence-corrected chi connectivity index (χ0v) is 18.3. The van der Waals surface area contributed by atoms with Crippen molar-refractivity contribution in [2.75, 3.05) is 39.3 Å². The Hall–Kier alpha value is -1.86. The van der Waals surface area contributed by atoms with E-state index in [0.29, 0.717) is 30.7 Å². The molecule has 0 bridgehead atoms. The van der Waals surface area contributed by atoms with Gasteiger partial charge in [0.2, 0.25) is 0 Å². The number of rotatable bonds is 3. The molecule has 1 aromatic rings. The van der Waals surface area contributed by atoms with E-state index in [-0.39, 0.29) is 34.9 Å². The van der Waals surface area contributed by atoms with Crippen LogP contribution in [0.4, 0.5) is 0 Å².